The van der Waals surface area contributed by atoms with E-state index in [0.29, 0.717) is 45.4 Å². The lowest BCUT2D eigenvalue weighted by molar-refractivity contribution is -0.132. The van der Waals surface area contributed by atoms with Gasteiger partial charge in [-0.3, -0.25) is 14.4 Å². The van der Waals surface area contributed by atoms with Gasteiger partial charge in [0.15, 0.2) is 0 Å². The van der Waals surface area contributed by atoms with Crippen molar-refractivity contribution < 1.29 is 14.4 Å². The maximum atomic E-state index is 13.0. The van der Waals surface area contributed by atoms with E-state index in [9.17, 15) is 14.4 Å². The van der Waals surface area contributed by atoms with Crippen molar-refractivity contribution in [2.75, 3.05) is 26.2 Å². The van der Waals surface area contributed by atoms with Crippen LogP contribution in [-0.4, -0.2) is 48.8 Å². The van der Waals surface area contributed by atoms with Crippen LogP contribution in [0.1, 0.15) is 175 Å². The van der Waals surface area contributed by atoms with E-state index in [1.165, 1.54) is 96.3 Å². The first-order valence-electron chi connectivity index (χ1n) is 17.4. The zero-order valence-electron chi connectivity index (χ0n) is 27.0. The van der Waals surface area contributed by atoms with Crippen LogP contribution in [0.25, 0.3) is 0 Å². The van der Waals surface area contributed by atoms with Crippen molar-refractivity contribution in [1.82, 2.24) is 15.5 Å². The predicted octanol–water partition coefficient (Wildman–Crippen LogP) is 8.47. The zero-order valence-corrected chi connectivity index (χ0v) is 27.0. The number of rotatable bonds is 30. The first kappa shape index (κ1) is 38.4. The Kier molecular flexibility index (Phi) is 29.2. The van der Waals surface area contributed by atoms with Gasteiger partial charge in [-0.05, 0) is 19.3 Å². The Morgan fingerprint density at radius 1 is 0.425 bits per heavy atom. The van der Waals surface area contributed by atoms with E-state index in [1.807, 2.05) is 4.90 Å². The average molecular weight is 566 g/mol. The van der Waals surface area contributed by atoms with Gasteiger partial charge in [-0.2, -0.15) is 0 Å². The summed E-state index contributed by atoms with van der Waals surface area (Å²) in [6.45, 7) is 8.64. The van der Waals surface area contributed by atoms with E-state index >= 15 is 0 Å². The van der Waals surface area contributed by atoms with Crippen LogP contribution < -0.4 is 10.6 Å². The lowest BCUT2D eigenvalue weighted by atomic mass is 10.1. The summed E-state index contributed by atoms with van der Waals surface area (Å²) < 4.78 is 0. The van der Waals surface area contributed by atoms with Crippen molar-refractivity contribution in [1.29, 1.82) is 0 Å². The molecular weight excluding hydrogens is 498 g/mol. The molecular formula is C34H67N3O3. The molecule has 0 aromatic rings. The summed E-state index contributed by atoms with van der Waals surface area (Å²) in [5.74, 6) is 0.295. The second kappa shape index (κ2) is 30.4. The first-order valence-corrected chi connectivity index (χ1v) is 17.4. The Bertz CT molecular complexity index is 561. The minimum Gasteiger partial charge on any atom is -0.354 e. The summed E-state index contributed by atoms with van der Waals surface area (Å²) in [6.07, 6.45) is 26.7. The third kappa shape index (κ3) is 26.6. The highest BCUT2D eigenvalue weighted by Crippen LogP contribution is 2.11. The van der Waals surface area contributed by atoms with E-state index < -0.39 is 0 Å². The van der Waals surface area contributed by atoms with Crippen LogP contribution in [0.2, 0.25) is 0 Å². The molecule has 3 amide bonds. The van der Waals surface area contributed by atoms with Gasteiger partial charge in [0, 0.05) is 45.4 Å². The summed E-state index contributed by atoms with van der Waals surface area (Å²) in [7, 11) is 0. The molecule has 0 heterocycles. The fraction of sp³-hybridized carbons (Fsp3) is 0.912. The fourth-order valence-corrected chi connectivity index (χ4v) is 5.08. The largest absolute Gasteiger partial charge is 0.354 e. The Labute approximate surface area is 248 Å². The second-order valence-corrected chi connectivity index (χ2v) is 11.7. The topological polar surface area (TPSA) is 78.5 Å². The number of carbonyl (C=O) groups is 3. The molecule has 0 aliphatic carbocycles. The summed E-state index contributed by atoms with van der Waals surface area (Å²) in [4.78, 5) is 39.4. The van der Waals surface area contributed by atoms with Crippen LogP contribution >= 0.6 is 0 Å². The Morgan fingerprint density at radius 3 is 1.07 bits per heavy atom. The van der Waals surface area contributed by atoms with Gasteiger partial charge in [0.25, 0.3) is 0 Å². The van der Waals surface area contributed by atoms with Crippen LogP contribution in [0.5, 0.6) is 0 Å². The van der Waals surface area contributed by atoms with E-state index in [1.54, 1.807) is 0 Å². The van der Waals surface area contributed by atoms with Gasteiger partial charge in [-0.15, -0.1) is 0 Å². The molecule has 0 fully saturated rings. The minimum absolute atomic E-state index is 0.0797. The molecule has 0 radical (unpaired) electrons. The third-order valence-electron chi connectivity index (χ3n) is 7.77. The molecule has 0 atom stereocenters. The summed E-state index contributed by atoms with van der Waals surface area (Å²) in [5.41, 5.74) is 0. The molecule has 0 bridgehead atoms. The Hall–Kier alpha value is -1.59. The smallest absolute Gasteiger partial charge is 0.222 e. The number of nitrogens with zero attached hydrogens (tertiary/aromatic N) is 1. The maximum Gasteiger partial charge on any atom is 0.222 e. The van der Waals surface area contributed by atoms with Crippen LogP contribution in [0.4, 0.5) is 0 Å². The number of carbonyl (C=O) groups excluding carboxylic acids is 3. The molecule has 0 aromatic carbocycles. The standard InChI is InChI=1S/C34H67N3O3/c1-4-7-10-13-16-19-22-25-32(38)35-28-30-37(34(40)27-24-21-18-15-12-9-6-3)31-29-36-33(39)26-23-20-17-14-11-8-5-2/h4-31H2,1-3H3,(H,35,38)(H,36,39). The van der Waals surface area contributed by atoms with E-state index in [-0.39, 0.29) is 17.7 Å². The van der Waals surface area contributed by atoms with Gasteiger partial charge in [0.1, 0.15) is 0 Å². The molecule has 0 saturated carbocycles. The number of amides is 3. The van der Waals surface area contributed by atoms with Gasteiger partial charge in [0.05, 0.1) is 0 Å². The quantitative estimate of drug-likeness (QED) is 0.0857. The predicted molar refractivity (Wildman–Crippen MR) is 170 cm³/mol. The van der Waals surface area contributed by atoms with Crippen LogP contribution in [0.3, 0.4) is 0 Å². The van der Waals surface area contributed by atoms with Gasteiger partial charge in [-0.1, -0.05) is 136 Å². The molecule has 0 saturated heterocycles. The van der Waals surface area contributed by atoms with Gasteiger partial charge in [-0.25, -0.2) is 0 Å². The van der Waals surface area contributed by atoms with Crippen LogP contribution in [-0.2, 0) is 14.4 Å². The highest BCUT2D eigenvalue weighted by Gasteiger charge is 2.14. The molecule has 236 valence electrons. The average Bonchev–Trinajstić information content (AvgIpc) is 2.94. The normalized spacial score (nSPS) is 11.0. The molecule has 40 heavy (non-hydrogen) atoms. The Balaban J connectivity index is 4.32. The number of hydrogen-bond acceptors (Lipinski definition) is 3. The molecule has 6 heteroatoms. The van der Waals surface area contributed by atoms with E-state index in [0.717, 1.165) is 38.5 Å². The molecule has 0 unspecified atom stereocenters. The van der Waals surface area contributed by atoms with Crippen molar-refractivity contribution in [2.45, 2.75) is 175 Å². The molecule has 2 N–H and O–H groups in total. The second-order valence-electron chi connectivity index (χ2n) is 11.7. The van der Waals surface area contributed by atoms with Gasteiger partial charge < -0.3 is 15.5 Å². The van der Waals surface area contributed by atoms with E-state index in [4.69, 9.17) is 0 Å². The summed E-state index contributed by atoms with van der Waals surface area (Å²) in [5, 5.41) is 6.01. The molecule has 0 aliphatic heterocycles. The first-order chi connectivity index (χ1) is 19.5. The molecule has 0 spiro atoms. The summed E-state index contributed by atoms with van der Waals surface area (Å²) >= 11 is 0. The van der Waals surface area contributed by atoms with E-state index in [2.05, 4.69) is 31.4 Å². The van der Waals surface area contributed by atoms with Crippen LogP contribution in [0.15, 0.2) is 0 Å². The van der Waals surface area contributed by atoms with Crippen LogP contribution in [0, 0.1) is 0 Å². The zero-order chi connectivity index (χ0) is 29.5. The highest BCUT2D eigenvalue weighted by atomic mass is 16.2. The SMILES string of the molecule is CCCCCCCCCC(=O)NCCN(CCNC(=O)CCCCCCCCC)C(=O)CCCCCCCCC. The molecule has 6 nitrogen and oxygen atoms in total. The lowest BCUT2D eigenvalue weighted by Crippen LogP contribution is -2.42. The number of hydrogen-bond donors (Lipinski definition) is 2. The van der Waals surface area contributed by atoms with Crippen molar-refractivity contribution in [2.24, 2.45) is 0 Å². The van der Waals surface area contributed by atoms with Crippen molar-refractivity contribution >= 4 is 17.7 Å². The van der Waals surface area contributed by atoms with Crippen molar-refractivity contribution in [3.05, 3.63) is 0 Å². The fourth-order valence-electron chi connectivity index (χ4n) is 5.08. The highest BCUT2D eigenvalue weighted by molar-refractivity contribution is 5.78. The summed E-state index contributed by atoms with van der Waals surface area (Å²) in [6, 6.07) is 0. The Morgan fingerprint density at radius 2 is 0.725 bits per heavy atom. The molecule has 0 rings (SSSR count). The molecule has 0 aromatic heterocycles. The lowest BCUT2D eigenvalue weighted by Gasteiger charge is -2.23. The molecule has 0 aliphatic rings. The maximum absolute atomic E-state index is 13.0. The minimum atomic E-state index is 0.0797. The monoisotopic (exact) mass is 566 g/mol. The third-order valence-corrected chi connectivity index (χ3v) is 7.77. The van der Waals surface area contributed by atoms with Crippen molar-refractivity contribution in [3.63, 3.8) is 0 Å². The number of nitrogens with one attached hydrogen (secondary N) is 2. The van der Waals surface area contributed by atoms with Gasteiger partial charge in [0.2, 0.25) is 17.7 Å². The van der Waals surface area contributed by atoms with Crippen molar-refractivity contribution in [3.8, 4) is 0 Å². The number of unbranched alkanes of at least 4 members (excludes halogenated alkanes) is 18. The van der Waals surface area contributed by atoms with Gasteiger partial charge >= 0.3 is 0 Å².